The molecule has 6 nitrogen and oxygen atoms in total. The smallest absolute Gasteiger partial charge is 0.311 e. The Bertz CT molecular complexity index is 470. The third-order valence-corrected chi connectivity index (χ3v) is 3.01. The molecule has 0 aromatic heterocycles. The second-order valence-corrected chi connectivity index (χ2v) is 4.70. The van der Waals surface area contributed by atoms with Crippen molar-refractivity contribution in [2.75, 3.05) is 26.3 Å². The molecule has 0 aliphatic carbocycles. The zero-order valence-corrected chi connectivity index (χ0v) is 11.1. The van der Waals surface area contributed by atoms with Crippen LogP contribution in [0.3, 0.4) is 0 Å². The molecule has 1 saturated heterocycles. The number of nitrogens with one attached hydrogen (secondary N) is 1. The summed E-state index contributed by atoms with van der Waals surface area (Å²) in [4.78, 5) is 10.7. The third kappa shape index (κ3) is 3.42. The Labute approximate surface area is 111 Å². The van der Waals surface area contributed by atoms with Gasteiger partial charge in [-0.15, -0.1) is 0 Å². The minimum Gasteiger partial charge on any atom is -0.484 e. The molecular weight excluding hydrogens is 248 g/mol. The van der Waals surface area contributed by atoms with Crippen LogP contribution in [-0.4, -0.2) is 37.3 Å². The van der Waals surface area contributed by atoms with Gasteiger partial charge in [0.05, 0.1) is 11.5 Å². The van der Waals surface area contributed by atoms with Crippen molar-refractivity contribution in [3.05, 3.63) is 33.4 Å². The van der Waals surface area contributed by atoms with E-state index in [1.807, 2.05) is 19.9 Å². The van der Waals surface area contributed by atoms with Crippen LogP contribution in [0.15, 0.2) is 12.1 Å². The number of hydrogen-bond acceptors (Lipinski definition) is 5. The van der Waals surface area contributed by atoms with E-state index < -0.39 is 4.92 Å². The first-order chi connectivity index (χ1) is 9.08. The van der Waals surface area contributed by atoms with Gasteiger partial charge in [-0.1, -0.05) is 6.07 Å². The summed E-state index contributed by atoms with van der Waals surface area (Å²) >= 11 is 0. The fourth-order valence-electron chi connectivity index (χ4n) is 2.16. The van der Waals surface area contributed by atoms with E-state index in [-0.39, 0.29) is 11.8 Å². The molecule has 1 unspecified atom stereocenters. The van der Waals surface area contributed by atoms with Crippen molar-refractivity contribution >= 4 is 5.69 Å². The average Bonchev–Trinajstić information content (AvgIpc) is 2.38. The number of nitro benzene ring substituents is 1. The number of nitrogens with zero attached hydrogens (tertiary/aromatic N) is 1. The molecule has 104 valence electrons. The van der Waals surface area contributed by atoms with Crippen LogP contribution in [0.2, 0.25) is 0 Å². The Morgan fingerprint density at radius 3 is 2.95 bits per heavy atom. The molecule has 1 atom stereocenters. The van der Waals surface area contributed by atoms with Gasteiger partial charge in [-0.3, -0.25) is 10.1 Å². The lowest BCUT2D eigenvalue weighted by Crippen LogP contribution is -2.41. The number of nitro groups is 1. The summed E-state index contributed by atoms with van der Waals surface area (Å²) in [6.45, 7) is 6.15. The molecule has 1 heterocycles. The molecular formula is C13H18N2O4. The lowest BCUT2D eigenvalue weighted by atomic mass is 10.1. The number of hydrogen-bond donors (Lipinski definition) is 1. The van der Waals surface area contributed by atoms with Gasteiger partial charge in [0.2, 0.25) is 0 Å². The molecule has 0 spiro atoms. The highest BCUT2D eigenvalue weighted by molar-refractivity contribution is 5.53. The minimum atomic E-state index is -0.407. The molecule has 2 rings (SSSR count). The van der Waals surface area contributed by atoms with Gasteiger partial charge in [-0.25, -0.2) is 0 Å². The van der Waals surface area contributed by atoms with Crippen molar-refractivity contribution in [2.24, 2.45) is 0 Å². The maximum Gasteiger partial charge on any atom is 0.311 e. The highest BCUT2D eigenvalue weighted by Gasteiger charge is 2.21. The first-order valence-electron chi connectivity index (χ1n) is 6.28. The Morgan fingerprint density at radius 2 is 2.32 bits per heavy atom. The monoisotopic (exact) mass is 266 g/mol. The predicted octanol–water partition coefficient (Wildman–Crippen LogP) is 1.58. The molecule has 1 aromatic carbocycles. The van der Waals surface area contributed by atoms with E-state index in [0.29, 0.717) is 25.5 Å². The standard InChI is InChI=1S/C13H18N2O4/c1-9-5-10(2)13(12(6-9)15(16)17)19-8-11-7-14-3-4-18-11/h5-6,11,14H,3-4,7-8H2,1-2H3. The van der Waals surface area contributed by atoms with Crippen LogP contribution in [-0.2, 0) is 4.74 Å². The first-order valence-corrected chi connectivity index (χ1v) is 6.28. The van der Waals surface area contributed by atoms with E-state index in [9.17, 15) is 10.1 Å². The van der Waals surface area contributed by atoms with Crippen LogP contribution < -0.4 is 10.1 Å². The van der Waals surface area contributed by atoms with Crippen molar-refractivity contribution in [1.82, 2.24) is 5.32 Å². The van der Waals surface area contributed by atoms with E-state index in [0.717, 1.165) is 17.7 Å². The Kier molecular flexibility index (Phi) is 4.34. The summed E-state index contributed by atoms with van der Waals surface area (Å²) in [7, 11) is 0. The first kappa shape index (κ1) is 13.8. The Hall–Kier alpha value is -1.66. The van der Waals surface area contributed by atoms with Gasteiger partial charge >= 0.3 is 5.69 Å². The third-order valence-electron chi connectivity index (χ3n) is 3.01. The maximum atomic E-state index is 11.1. The van der Waals surface area contributed by atoms with Crippen molar-refractivity contribution < 1.29 is 14.4 Å². The fourth-order valence-corrected chi connectivity index (χ4v) is 2.16. The van der Waals surface area contributed by atoms with Crippen LogP contribution in [0, 0.1) is 24.0 Å². The number of aryl methyl sites for hydroxylation is 2. The van der Waals surface area contributed by atoms with E-state index in [2.05, 4.69) is 5.32 Å². The average molecular weight is 266 g/mol. The van der Waals surface area contributed by atoms with Gasteiger partial charge in [0.15, 0.2) is 5.75 Å². The summed E-state index contributed by atoms with van der Waals surface area (Å²) in [5, 5.41) is 14.3. The number of ether oxygens (including phenoxy) is 2. The Morgan fingerprint density at radius 1 is 1.53 bits per heavy atom. The van der Waals surface area contributed by atoms with E-state index in [1.54, 1.807) is 0 Å². The van der Waals surface area contributed by atoms with Gasteiger partial charge in [0.1, 0.15) is 12.7 Å². The van der Waals surface area contributed by atoms with E-state index in [4.69, 9.17) is 9.47 Å². The predicted molar refractivity (Wildman–Crippen MR) is 70.7 cm³/mol. The number of rotatable bonds is 4. The van der Waals surface area contributed by atoms with Crippen molar-refractivity contribution in [1.29, 1.82) is 0 Å². The summed E-state index contributed by atoms with van der Waals surface area (Å²) in [5.74, 6) is 0.338. The molecule has 1 aliphatic heterocycles. The minimum absolute atomic E-state index is 0.0151. The lowest BCUT2D eigenvalue weighted by Gasteiger charge is -2.23. The van der Waals surface area contributed by atoms with Crippen LogP contribution in [0.4, 0.5) is 5.69 Å². The van der Waals surface area contributed by atoms with Crippen molar-refractivity contribution in [3.8, 4) is 5.75 Å². The van der Waals surface area contributed by atoms with Gasteiger partial charge in [-0.2, -0.15) is 0 Å². The van der Waals surface area contributed by atoms with E-state index >= 15 is 0 Å². The van der Waals surface area contributed by atoms with Crippen molar-refractivity contribution in [2.45, 2.75) is 20.0 Å². The van der Waals surface area contributed by atoms with Crippen LogP contribution >= 0.6 is 0 Å². The Balaban J connectivity index is 2.12. The van der Waals surface area contributed by atoms with Gasteiger partial charge in [-0.05, 0) is 25.0 Å². The van der Waals surface area contributed by atoms with Crippen LogP contribution in [0.1, 0.15) is 11.1 Å². The molecule has 0 radical (unpaired) electrons. The van der Waals surface area contributed by atoms with Crippen LogP contribution in [0.25, 0.3) is 0 Å². The SMILES string of the molecule is Cc1cc(C)c(OCC2CNCCO2)c([N+](=O)[O-])c1. The van der Waals surface area contributed by atoms with Gasteiger partial charge < -0.3 is 14.8 Å². The molecule has 0 saturated carbocycles. The summed E-state index contributed by atoms with van der Waals surface area (Å²) in [6, 6.07) is 3.41. The van der Waals surface area contributed by atoms with Crippen molar-refractivity contribution in [3.63, 3.8) is 0 Å². The van der Waals surface area contributed by atoms with E-state index in [1.165, 1.54) is 6.07 Å². The fraction of sp³-hybridized carbons (Fsp3) is 0.538. The molecule has 1 N–H and O–H groups in total. The molecule has 1 aromatic rings. The van der Waals surface area contributed by atoms with Crippen LogP contribution in [0.5, 0.6) is 5.75 Å². The molecule has 1 fully saturated rings. The quantitative estimate of drug-likeness (QED) is 0.661. The molecule has 19 heavy (non-hydrogen) atoms. The van der Waals surface area contributed by atoms with Gasteiger partial charge in [0.25, 0.3) is 0 Å². The zero-order valence-electron chi connectivity index (χ0n) is 11.1. The molecule has 0 amide bonds. The molecule has 6 heteroatoms. The summed E-state index contributed by atoms with van der Waals surface area (Å²) in [6.07, 6.45) is -0.0611. The van der Waals surface area contributed by atoms with Gasteiger partial charge in [0, 0.05) is 19.2 Å². The molecule has 1 aliphatic rings. The molecule has 0 bridgehead atoms. The zero-order chi connectivity index (χ0) is 13.8. The number of morpholine rings is 1. The summed E-state index contributed by atoms with van der Waals surface area (Å²) < 4.78 is 11.1. The topological polar surface area (TPSA) is 73.6 Å². The lowest BCUT2D eigenvalue weighted by molar-refractivity contribution is -0.386. The summed E-state index contributed by atoms with van der Waals surface area (Å²) in [5.41, 5.74) is 1.64. The highest BCUT2D eigenvalue weighted by Crippen LogP contribution is 2.32. The largest absolute Gasteiger partial charge is 0.484 e. The second kappa shape index (κ2) is 5.99. The second-order valence-electron chi connectivity index (χ2n) is 4.70. The normalized spacial score (nSPS) is 19.2. The maximum absolute atomic E-state index is 11.1. The number of benzene rings is 1. The highest BCUT2D eigenvalue weighted by atomic mass is 16.6.